The molecule has 2 aromatic rings. The lowest BCUT2D eigenvalue weighted by atomic mass is 9.90. The molecule has 2 rings (SSSR count). The van der Waals surface area contributed by atoms with Crippen LogP contribution in [0.2, 0.25) is 0 Å². The van der Waals surface area contributed by atoms with Gasteiger partial charge in [-0.1, -0.05) is 37.6 Å². The van der Waals surface area contributed by atoms with Crippen LogP contribution in [-0.4, -0.2) is 16.6 Å². The molecule has 1 aromatic heterocycles. The Morgan fingerprint density at radius 3 is 2.78 bits per heavy atom. The van der Waals surface area contributed by atoms with Crippen molar-refractivity contribution < 1.29 is 5.11 Å². The van der Waals surface area contributed by atoms with Gasteiger partial charge in [0.1, 0.15) is 0 Å². The molecule has 2 unspecified atom stereocenters. The third kappa shape index (κ3) is 2.52. The number of hydrogen-bond acceptors (Lipinski definition) is 3. The highest BCUT2D eigenvalue weighted by molar-refractivity contribution is 5.84. The van der Waals surface area contributed by atoms with Gasteiger partial charge < -0.3 is 10.8 Å². The highest BCUT2D eigenvalue weighted by Gasteiger charge is 2.20. The van der Waals surface area contributed by atoms with E-state index in [-0.39, 0.29) is 5.92 Å². The summed E-state index contributed by atoms with van der Waals surface area (Å²) in [6.07, 6.45) is 5.00. The first-order valence-corrected chi connectivity index (χ1v) is 6.48. The number of aliphatic hydroxyl groups is 1. The smallest absolute Gasteiger partial charge is 0.0851 e. The summed E-state index contributed by atoms with van der Waals surface area (Å²) >= 11 is 0. The molecule has 0 bridgehead atoms. The molecule has 1 aromatic carbocycles. The van der Waals surface area contributed by atoms with E-state index in [0.717, 1.165) is 29.2 Å². The Morgan fingerprint density at radius 2 is 2.06 bits per heavy atom. The van der Waals surface area contributed by atoms with Gasteiger partial charge in [-0.15, -0.1) is 0 Å². The molecule has 0 aliphatic carbocycles. The van der Waals surface area contributed by atoms with Crippen LogP contribution in [0.25, 0.3) is 10.8 Å². The molecule has 0 aliphatic rings. The number of nitrogens with zero attached hydrogens (tertiary/aromatic N) is 1. The van der Waals surface area contributed by atoms with E-state index in [9.17, 15) is 5.11 Å². The van der Waals surface area contributed by atoms with E-state index < -0.39 is 6.10 Å². The van der Waals surface area contributed by atoms with Gasteiger partial charge in [-0.2, -0.15) is 0 Å². The average molecular weight is 244 g/mol. The molecule has 96 valence electrons. The molecule has 1 heterocycles. The van der Waals surface area contributed by atoms with Crippen LogP contribution < -0.4 is 5.73 Å². The van der Waals surface area contributed by atoms with Gasteiger partial charge in [0, 0.05) is 29.3 Å². The molecule has 3 heteroatoms. The molecule has 0 saturated carbocycles. The monoisotopic (exact) mass is 244 g/mol. The lowest BCUT2D eigenvalue weighted by Gasteiger charge is -2.22. The molecule has 3 N–H and O–H groups in total. The van der Waals surface area contributed by atoms with E-state index in [1.54, 1.807) is 6.20 Å². The molecule has 18 heavy (non-hydrogen) atoms. The summed E-state index contributed by atoms with van der Waals surface area (Å²) in [5.41, 5.74) is 6.65. The van der Waals surface area contributed by atoms with Crippen molar-refractivity contribution in [1.82, 2.24) is 4.98 Å². The second kappa shape index (κ2) is 5.94. The Bertz CT molecular complexity index is 507. The number of aliphatic hydroxyl groups excluding tert-OH is 1. The van der Waals surface area contributed by atoms with E-state index >= 15 is 0 Å². The third-order valence-electron chi connectivity index (χ3n) is 3.43. The predicted molar refractivity (Wildman–Crippen MR) is 74.2 cm³/mol. The number of fused-ring (bicyclic) bond motifs is 1. The highest BCUT2D eigenvalue weighted by atomic mass is 16.3. The maximum Gasteiger partial charge on any atom is 0.0851 e. The van der Waals surface area contributed by atoms with Gasteiger partial charge in [-0.3, -0.25) is 4.98 Å². The zero-order chi connectivity index (χ0) is 13.0. The fourth-order valence-electron chi connectivity index (χ4n) is 2.40. The van der Waals surface area contributed by atoms with Crippen molar-refractivity contribution in [1.29, 1.82) is 0 Å². The fourth-order valence-corrected chi connectivity index (χ4v) is 2.40. The third-order valence-corrected chi connectivity index (χ3v) is 3.43. The van der Waals surface area contributed by atoms with Gasteiger partial charge >= 0.3 is 0 Å². The van der Waals surface area contributed by atoms with E-state index in [2.05, 4.69) is 11.9 Å². The summed E-state index contributed by atoms with van der Waals surface area (Å²) in [6.45, 7) is 2.61. The standard InChI is InChI=1S/C15H20N2O/c1-2-5-11(8-16)15(18)14-10-17-9-12-6-3-4-7-13(12)14/h3-4,6-7,9-11,15,18H,2,5,8,16H2,1H3. The van der Waals surface area contributed by atoms with Crippen molar-refractivity contribution in [3.8, 4) is 0 Å². The minimum absolute atomic E-state index is 0.0996. The molecule has 0 radical (unpaired) electrons. The first kappa shape index (κ1) is 13.0. The van der Waals surface area contributed by atoms with Crippen LogP contribution in [-0.2, 0) is 0 Å². The predicted octanol–water partition coefficient (Wildman–Crippen LogP) is 2.64. The Morgan fingerprint density at radius 1 is 1.28 bits per heavy atom. The van der Waals surface area contributed by atoms with Gasteiger partial charge in [0.15, 0.2) is 0 Å². The van der Waals surface area contributed by atoms with Crippen LogP contribution in [0.4, 0.5) is 0 Å². The van der Waals surface area contributed by atoms with E-state index in [0.29, 0.717) is 6.54 Å². The van der Waals surface area contributed by atoms with Crippen LogP contribution >= 0.6 is 0 Å². The molecule has 0 amide bonds. The number of nitrogens with two attached hydrogens (primary N) is 1. The van der Waals surface area contributed by atoms with Gasteiger partial charge in [-0.05, 0) is 18.4 Å². The van der Waals surface area contributed by atoms with Crippen molar-refractivity contribution in [3.05, 3.63) is 42.2 Å². The first-order chi connectivity index (χ1) is 8.77. The summed E-state index contributed by atoms with van der Waals surface area (Å²) in [7, 11) is 0. The number of aromatic nitrogens is 1. The van der Waals surface area contributed by atoms with Gasteiger partial charge in [0.2, 0.25) is 0 Å². The maximum atomic E-state index is 10.5. The van der Waals surface area contributed by atoms with Gasteiger partial charge in [0.05, 0.1) is 6.10 Å². The largest absolute Gasteiger partial charge is 0.388 e. The Kier molecular flexibility index (Phi) is 4.28. The number of hydrogen-bond donors (Lipinski definition) is 2. The van der Waals surface area contributed by atoms with Gasteiger partial charge in [0.25, 0.3) is 0 Å². The van der Waals surface area contributed by atoms with Crippen LogP contribution in [0.1, 0.15) is 31.4 Å². The van der Waals surface area contributed by atoms with E-state index in [1.165, 1.54) is 0 Å². The lowest BCUT2D eigenvalue weighted by Crippen LogP contribution is -2.22. The zero-order valence-electron chi connectivity index (χ0n) is 10.7. The Labute approximate surface area is 108 Å². The summed E-state index contributed by atoms with van der Waals surface area (Å²) < 4.78 is 0. The molecule has 0 saturated heterocycles. The van der Waals surface area contributed by atoms with Crippen LogP contribution in [0.5, 0.6) is 0 Å². The minimum Gasteiger partial charge on any atom is -0.388 e. The normalized spacial score (nSPS) is 14.6. The fraction of sp³-hybridized carbons (Fsp3) is 0.400. The summed E-state index contributed by atoms with van der Waals surface area (Å²) in [5.74, 6) is 0.0996. The number of pyridine rings is 1. The average Bonchev–Trinajstić information content (AvgIpc) is 2.43. The molecule has 0 fully saturated rings. The Balaban J connectivity index is 2.40. The van der Waals surface area contributed by atoms with Crippen molar-refractivity contribution in [2.75, 3.05) is 6.54 Å². The maximum absolute atomic E-state index is 10.5. The van der Waals surface area contributed by atoms with Crippen molar-refractivity contribution in [3.63, 3.8) is 0 Å². The minimum atomic E-state index is -0.534. The second-order valence-electron chi connectivity index (χ2n) is 4.68. The topological polar surface area (TPSA) is 59.1 Å². The second-order valence-corrected chi connectivity index (χ2v) is 4.68. The van der Waals surface area contributed by atoms with Crippen LogP contribution in [0.15, 0.2) is 36.7 Å². The van der Waals surface area contributed by atoms with E-state index in [4.69, 9.17) is 5.73 Å². The Hall–Kier alpha value is -1.45. The van der Waals surface area contributed by atoms with Crippen LogP contribution in [0, 0.1) is 5.92 Å². The highest BCUT2D eigenvalue weighted by Crippen LogP contribution is 2.29. The molecule has 2 atom stereocenters. The number of rotatable bonds is 5. The first-order valence-electron chi connectivity index (χ1n) is 6.48. The summed E-state index contributed by atoms with van der Waals surface area (Å²) in [5, 5.41) is 12.6. The van der Waals surface area contributed by atoms with Crippen molar-refractivity contribution in [2.45, 2.75) is 25.9 Å². The number of benzene rings is 1. The molecular weight excluding hydrogens is 224 g/mol. The zero-order valence-corrected chi connectivity index (χ0v) is 10.7. The summed E-state index contributed by atoms with van der Waals surface area (Å²) in [6, 6.07) is 7.99. The summed E-state index contributed by atoms with van der Waals surface area (Å²) in [4.78, 5) is 4.21. The molecule has 0 aliphatic heterocycles. The molecule has 0 spiro atoms. The SMILES string of the molecule is CCCC(CN)C(O)c1cncc2ccccc12. The van der Waals surface area contributed by atoms with E-state index in [1.807, 2.05) is 30.5 Å². The van der Waals surface area contributed by atoms with Gasteiger partial charge in [-0.25, -0.2) is 0 Å². The van der Waals surface area contributed by atoms with Crippen molar-refractivity contribution >= 4 is 10.8 Å². The van der Waals surface area contributed by atoms with Crippen LogP contribution in [0.3, 0.4) is 0 Å². The van der Waals surface area contributed by atoms with Crippen molar-refractivity contribution in [2.24, 2.45) is 11.7 Å². The quantitative estimate of drug-likeness (QED) is 0.850. The molecule has 3 nitrogen and oxygen atoms in total. The molecular formula is C15H20N2O. The lowest BCUT2D eigenvalue weighted by molar-refractivity contribution is 0.108.